The maximum absolute atomic E-state index is 13.0. The third kappa shape index (κ3) is 9.31. The maximum atomic E-state index is 13.0. The SMILES string of the molecule is F[B-](F)(F)F.O=C(c1ccccc1)c1cc(Sc2ccc([S+](c3ccc(Cl)cc3)c3ccc(Cl)cc3)cc2)ccc1Cl. The molecule has 0 radical (unpaired) electrons. The highest BCUT2D eigenvalue weighted by Gasteiger charge is 2.28. The van der Waals surface area contributed by atoms with Crippen LogP contribution in [0.15, 0.2) is 146 Å². The van der Waals surface area contributed by atoms with E-state index in [-0.39, 0.29) is 16.7 Å². The molecule has 0 aromatic heterocycles. The van der Waals surface area contributed by atoms with Crippen molar-refractivity contribution in [3.63, 3.8) is 0 Å². The summed E-state index contributed by atoms with van der Waals surface area (Å²) in [5.41, 5.74) is 1.12. The van der Waals surface area contributed by atoms with Gasteiger partial charge in [0.25, 0.3) is 0 Å². The van der Waals surface area contributed by atoms with Gasteiger partial charge < -0.3 is 17.3 Å². The Balaban J connectivity index is 0.000000748. The van der Waals surface area contributed by atoms with Gasteiger partial charge >= 0.3 is 7.25 Å². The lowest BCUT2D eigenvalue weighted by molar-refractivity contribution is 0.103. The van der Waals surface area contributed by atoms with Gasteiger partial charge in [0.1, 0.15) is 0 Å². The average molecular weight is 666 g/mol. The fourth-order valence-corrected chi connectivity index (χ4v) is 7.17. The second kappa shape index (κ2) is 14.5. The van der Waals surface area contributed by atoms with Gasteiger partial charge in [-0.15, -0.1) is 0 Å². The van der Waals surface area contributed by atoms with Gasteiger partial charge in [0, 0.05) is 31.0 Å². The lowest BCUT2D eigenvalue weighted by Gasteiger charge is -2.10. The number of rotatable bonds is 7. The van der Waals surface area contributed by atoms with Crippen molar-refractivity contribution in [2.24, 2.45) is 0 Å². The van der Waals surface area contributed by atoms with Gasteiger partial charge in [-0.05, 0) is 91.0 Å². The van der Waals surface area contributed by atoms with Crippen LogP contribution in [0.4, 0.5) is 17.3 Å². The van der Waals surface area contributed by atoms with E-state index >= 15 is 0 Å². The van der Waals surface area contributed by atoms with Crippen molar-refractivity contribution >= 4 is 70.5 Å². The third-order valence-corrected chi connectivity index (χ3v) is 9.67. The predicted octanol–water partition coefficient (Wildman–Crippen LogP) is 11.4. The molecule has 0 amide bonds. The minimum atomic E-state index is -6.00. The monoisotopic (exact) mass is 664 g/mol. The normalized spacial score (nSPS) is 11.1. The van der Waals surface area contributed by atoms with Crippen LogP contribution >= 0.6 is 46.6 Å². The number of benzene rings is 5. The van der Waals surface area contributed by atoms with Crippen LogP contribution in [0.5, 0.6) is 0 Å². The molecule has 5 aromatic rings. The number of hydrogen-bond acceptors (Lipinski definition) is 2. The molecular weight excluding hydrogens is 646 g/mol. The summed E-state index contributed by atoms with van der Waals surface area (Å²) in [5.74, 6) is -0.0848. The van der Waals surface area contributed by atoms with Gasteiger partial charge in [-0.3, -0.25) is 4.79 Å². The molecule has 0 unspecified atom stereocenters. The molecule has 0 bridgehead atoms. The van der Waals surface area contributed by atoms with Crippen molar-refractivity contribution in [3.05, 3.63) is 148 Å². The molecule has 0 saturated heterocycles. The van der Waals surface area contributed by atoms with E-state index in [1.165, 1.54) is 14.7 Å². The number of carbonyl (C=O) groups excluding carboxylic acids is 1. The lowest BCUT2D eigenvalue weighted by atomic mass is 10.0. The summed E-state index contributed by atoms with van der Waals surface area (Å²) in [6, 6.07) is 39.3. The molecule has 0 N–H and O–H groups in total. The molecule has 0 aliphatic heterocycles. The summed E-state index contributed by atoms with van der Waals surface area (Å²) >= 11 is 20.3. The molecule has 0 aliphatic carbocycles. The van der Waals surface area contributed by atoms with Crippen molar-refractivity contribution in [1.82, 2.24) is 0 Å². The third-order valence-electron chi connectivity index (χ3n) is 5.61. The predicted molar refractivity (Wildman–Crippen MR) is 167 cm³/mol. The van der Waals surface area contributed by atoms with Crippen LogP contribution < -0.4 is 0 Å². The molecule has 0 aliphatic rings. The fraction of sp³-hybridized carbons (Fsp3) is 0. The molecule has 0 saturated carbocycles. The van der Waals surface area contributed by atoms with Crippen LogP contribution in [0, 0.1) is 0 Å². The molecule has 0 spiro atoms. The van der Waals surface area contributed by atoms with Crippen LogP contribution in [0.2, 0.25) is 15.1 Å². The van der Waals surface area contributed by atoms with E-state index in [1.807, 2.05) is 54.6 Å². The van der Waals surface area contributed by atoms with E-state index < -0.39 is 7.25 Å². The van der Waals surface area contributed by atoms with Crippen LogP contribution in [0.1, 0.15) is 15.9 Å². The highest BCUT2D eigenvalue weighted by Crippen LogP contribution is 2.36. The zero-order chi connectivity index (χ0) is 30.3. The first-order valence-corrected chi connectivity index (χ1v) is 15.5. The highest BCUT2D eigenvalue weighted by molar-refractivity contribution is 7.99. The Morgan fingerprint density at radius 3 is 1.50 bits per heavy atom. The molecule has 5 aromatic carbocycles. The Hall–Kier alpha value is -2.88. The van der Waals surface area contributed by atoms with Gasteiger partial charge in [-0.1, -0.05) is 76.9 Å². The van der Waals surface area contributed by atoms with Crippen molar-refractivity contribution in [2.45, 2.75) is 24.5 Å². The largest absolute Gasteiger partial charge is 0.673 e. The van der Waals surface area contributed by atoms with Crippen LogP contribution in [0.25, 0.3) is 0 Å². The molecule has 0 atom stereocenters. The number of ketones is 1. The molecule has 1 nitrogen and oxygen atoms in total. The summed E-state index contributed by atoms with van der Waals surface area (Å²) in [7, 11) is -6.31. The lowest BCUT2D eigenvalue weighted by Crippen LogP contribution is -2.04. The maximum Gasteiger partial charge on any atom is 0.673 e. The van der Waals surface area contributed by atoms with Crippen molar-refractivity contribution < 1.29 is 22.1 Å². The summed E-state index contributed by atoms with van der Waals surface area (Å²) in [6.45, 7) is 0. The number of halogens is 7. The average Bonchev–Trinajstić information content (AvgIpc) is 2.96. The second-order valence-electron chi connectivity index (χ2n) is 8.62. The van der Waals surface area contributed by atoms with E-state index in [9.17, 15) is 22.1 Å². The van der Waals surface area contributed by atoms with Crippen LogP contribution in [-0.4, -0.2) is 13.0 Å². The number of hydrogen-bond donors (Lipinski definition) is 0. The van der Waals surface area contributed by atoms with Gasteiger partial charge in [-0.25, -0.2) is 0 Å². The molecule has 214 valence electrons. The Bertz CT molecular complexity index is 1580. The summed E-state index contributed by atoms with van der Waals surface area (Å²) in [5, 5.41) is 1.87. The van der Waals surface area contributed by atoms with E-state index in [4.69, 9.17) is 34.8 Å². The standard InChI is InChI=1S/C31H20Cl3OS2.BF4/c32-22-6-13-26(14-7-22)37(27-15-8-23(33)9-16-27)28-17-10-24(11-18-28)36-25-12-19-30(34)29(20-25)31(35)21-4-2-1-3-5-21;2-1(3,4)5/h1-20H;/q+1;-1. The topological polar surface area (TPSA) is 17.1 Å². The van der Waals surface area contributed by atoms with Crippen molar-refractivity contribution in [1.29, 1.82) is 0 Å². The summed E-state index contributed by atoms with van der Waals surface area (Å²) in [6.07, 6.45) is 0. The molecule has 0 fully saturated rings. The molecular formula is C31H20BCl3F4OS2. The Morgan fingerprint density at radius 2 is 1.02 bits per heavy atom. The molecule has 42 heavy (non-hydrogen) atoms. The minimum Gasteiger partial charge on any atom is -0.418 e. The van der Waals surface area contributed by atoms with Crippen LogP contribution in [0.3, 0.4) is 0 Å². The van der Waals surface area contributed by atoms with E-state index in [2.05, 4.69) is 48.5 Å². The zero-order valence-electron chi connectivity index (χ0n) is 21.5. The van der Waals surface area contributed by atoms with E-state index in [0.29, 0.717) is 26.2 Å². The molecule has 0 heterocycles. The van der Waals surface area contributed by atoms with Crippen molar-refractivity contribution in [2.75, 3.05) is 0 Å². The first-order valence-electron chi connectivity index (χ1n) is 12.3. The van der Waals surface area contributed by atoms with Gasteiger partial charge in [0.2, 0.25) is 0 Å². The van der Waals surface area contributed by atoms with E-state index in [1.54, 1.807) is 30.0 Å². The van der Waals surface area contributed by atoms with Gasteiger partial charge in [0.15, 0.2) is 20.5 Å². The van der Waals surface area contributed by atoms with Crippen molar-refractivity contribution in [3.8, 4) is 0 Å². The molecule has 5 rings (SSSR count). The zero-order valence-corrected chi connectivity index (χ0v) is 25.4. The van der Waals surface area contributed by atoms with Gasteiger partial charge in [0.05, 0.1) is 15.9 Å². The first-order chi connectivity index (χ1) is 20.0. The quantitative estimate of drug-likeness (QED) is 0.0745. The second-order valence-corrected chi connectivity index (χ2v) is 13.1. The fourth-order valence-electron chi connectivity index (χ4n) is 3.82. The summed E-state index contributed by atoms with van der Waals surface area (Å²) in [4.78, 5) is 18.5. The highest BCUT2D eigenvalue weighted by atomic mass is 35.5. The van der Waals surface area contributed by atoms with Gasteiger partial charge in [-0.2, -0.15) is 0 Å². The Labute approximate surface area is 263 Å². The Morgan fingerprint density at radius 1 is 0.595 bits per heavy atom. The molecule has 11 heteroatoms. The summed E-state index contributed by atoms with van der Waals surface area (Å²) < 4.78 is 39.0. The first kappa shape index (κ1) is 32.0. The van der Waals surface area contributed by atoms with E-state index in [0.717, 1.165) is 9.79 Å². The smallest absolute Gasteiger partial charge is 0.418 e. The van der Waals surface area contributed by atoms with Crippen LogP contribution in [-0.2, 0) is 10.9 Å². The Kier molecular flexibility index (Phi) is 11.1. The minimum absolute atomic E-state index is 0.0848. The number of carbonyl (C=O) groups is 1.